The van der Waals surface area contributed by atoms with Crippen molar-refractivity contribution in [1.82, 2.24) is 9.78 Å². The quantitative estimate of drug-likeness (QED) is 0.656. The predicted octanol–water partition coefficient (Wildman–Crippen LogP) is 5.30. The van der Waals surface area contributed by atoms with E-state index in [4.69, 9.17) is 9.47 Å². The largest absolute Gasteiger partial charge is 0.346 e. The molecule has 1 spiro atoms. The molecule has 29 heavy (non-hydrogen) atoms. The molecule has 2 aromatic rings. The van der Waals surface area contributed by atoms with E-state index in [1.807, 2.05) is 10.9 Å². The van der Waals surface area contributed by atoms with Gasteiger partial charge in [-0.2, -0.15) is 5.10 Å². The molecule has 4 nitrogen and oxygen atoms in total. The summed E-state index contributed by atoms with van der Waals surface area (Å²) in [5, 5.41) is 4.62. The lowest BCUT2D eigenvalue weighted by atomic mass is 9.62. The molecule has 2 heterocycles. The zero-order valence-electron chi connectivity index (χ0n) is 17.7. The summed E-state index contributed by atoms with van der Waals surface area (Å²) in [7, 11) is 0. The zero-order chi connectivity index (χ0) is 20.4. The van der Waals surface area contributed by atoms with Gasteiger partial charge in [-0.25, -0.2) is 9.07 Å². The van der Waals surface area contributed by atoms with Crippen LogP contribution in [0.3, 0.4) is 0 Å². The lowest BCUT2D eigenvalue weighted by Gasteiger charge is -2.51. The molecule has 1 aliphatic heterocycles. The molecule has 0 bridgehead atoms. The topological polar surface area (TPSA) is 36.3 Å². The minimum absolute atomic E-state index is 0.0501. The van der Waals surface area contributed by atoms with Gasteiger partial charge in [0, 0.05) is 11.8 Å². The van der Waals surface area contributed by atoms with Crippen molar-refractivity contribution in [3.05, 3.63) is 53.1 Å². The number of hydrogen-bond acceptors (Lipinski definition) is 3. The average Bonchev–Trinajstić information content (AvgIpc) is 3.27. The molecule has 1 aromatic heterocycles. The first-order chi connectivity index (χ1) is 13.7. The van der Waals surface area contributed by atoms with Crippen LogP contribution in [0.5, 0.6) is 0 Å². The fraction of sp³-hybridized carbons (Fsp3) is 0.542. The summed E-state index contributed by atoms with van der Waals surface area (Å²) in [5.74, 6) is -0.802. The van der Waals surface area contributed by atoms with Crippen LogP contribution in [0, 0.1) is 16.6 Å². The van der Waals surface area contributed by atoms with Crippen LogP contribution in [0.2, 0.25) is 0 Å². The van der Waals surface area contributed by atoms with Gasteiger partial charge in [0.15, 0.2) is 5.79 Å². The molecule has 0 amide bonds. The van der Waals surface area contributed by atoms with E-state index in [1.165, 1.54) is 23.3 Å². The lowest BCUT2D eigenvalue weighted by molar-refractivity contribution is -0.248. The van der Waals surface area contributed by atoms with Crippen molar-refractivity contribution in [2.24, 2.45) is 10.8 Å². The summed E-state index contributed by atoms with van der Waals surface area (Å²) >= 11 is 0. The van der Waals surface area contributed by atoms with Gasteiger partial charge in [-0.1, -0.05) is 33.3 Å². The fourth-order valence-corrected chi connectivity index (χ4v) is 5.16. The van der Waals surface area contributed by atoms with Gasteiger partial charge in [-0.15, -0.1) is 0 Å². The maximum atomic E-state index is 13.4. The Morgan fingerprint density at radius 2 is 1.97 bits per heavy atom. The average molecular weight is 397 g/mol. The lowest BCUT2D eigenvalue weighted by Crippen LogP contribution is -2.54. The van der Waals surface area contributed by atoms with Gasteiger partial charge >= 0.3 is 0 Å². The second-order valence-electron chi connectivity index (χ2n) is 10.0. The van der Waals surface area contributed by atoms with Gasteiger partial charge in [-0.3, -0.25) is 0 Å². The van der Waals surface area contributed by atoms with E-state index in [1.54, 1.807) is 12.1 Å². The van der Waals surface area contributed by atoms with Crippen molar-refractivity contribution in [3.63, 3.8) is 0 Å². The van der Waals surface area contributed by atoms with Gasteiger partial charge in [0.05, 0.1) is 30.3 Å². The van der Waals surface area contributed by atoms with Gasteiger partial charge < -0.3 is 9.47 Å². The number of fused-ring (bicyclic) bond motifs is 3. The third kappa shape index (κ3) is 2.82. The van der Waals surface area contributed by atoms with Crippen molar-refractivity contribution in [1.29, 1.82) is 0 Å². The van der Waals surface area contributed by atoms with Crippen LogP contribution in [0.1, 0.15) is 58.2 Å². The van der Waals surface area contributed by atoms with E-state index >= 15 is 0 Å². The van der Waals surface area contributed by atoms with E-state index in [9.17, 15) is 4.39 Å². The Balaban J connectivity index is 1.54. The summed E-state index contributed by atoms with van der Waals surface area (Å²) in [6.45, 7) is 9.59. The van der Waals surface area contributed by atoms with Gasteiger partial charge in [0.2, 0.25) is 0 Å². The van der Waals surface area contributed by atoms with Crippen LogP contribution in [-0.2, 0) is 15.9 Å². The number of rotatable bonds is 1. The number of halogens is 1. The SMILES string of the molecule is CC(C)(C)C1COC2(CCCC3=Cc4c(cnn4-c4ccc(F)cc4)C[C@@]32C)O1. The van der Waals surface area contributed by atoms with Crippen molar-refractivity contribution in [2.75, 3.05) is 6.61 Å². The van der Waals surface area contributed by atoms with Gasteiger partial charge in [-0.05, 0) is 60.6 Å². The molecule has 0 N–H and O–H groups in total. The number of hydrogen-bond donors (Lipinski definition) is 0. The number of benzene rings is 1. The van der Waals surface area contributed by atoms with E-state index in [2.05, 4.69) is 38.9 Å². The molecule has 2 fully saturated rings. The van der Waals surface area contributed by atoms with Crippen LogP contribution in [0.25, 0.3) is 11.8 Å². The van der Waals surface area contributed by atoms with Gasteiger partial charge in [0.25, 0.3) is 0 Å². The fourth-order valence-electron chi connectivity index (χ4n) is 5.16. The van der Waals surface area contributed by atoms with Crippen molar-refractivity contribution in [2.45, 2.75) is 65.3 Å². The Labute approximate surface area is 171 Å². The Bertz CT molecular complexity index is 972. The van der Waals surface area contributed by atoms with Crippen LogP contribution in [0.15, 0.2) is 36.0 Å². The first kappa shape index (κ1) is 19.0. The van der Waals surface area contributed by atoms with Crippen LogP contribution < -0.4 is 0 Å². The number of nitrogens with zero attached hydrogens (tertiary/aromatic N) is 2. The van der Waals surface area contributed by atoms with Gasteiger partial charge in [0.1, 0.15) is 5.82 Å². The normalized spacial score (nSPS) is 31.5. The first-order valence-electron chi connectivity index (χ1n) is 10.6. The Hall–Kier alpha value is -1.98. The summed E-state index contributed by atoms with van der Waals surface area (Å²) in [4.78, 5) is 0. The molecule has 0 radical (unpaired) electrons. The Morgan fingerprint density at radius 3 is 2.66 bits per heavy atom. The predicted molar refractivity (Wildman–Crippen MR) is 110 cm³/mol. The monoisotopic (exact) mass is 396 g/mol. The summed E-state index contributed by atoms with van der Waals surface area (Å²) < 4.78 is 28.5. The van der Waals surface area contributed by atoms with Crippen LogP contribution >= 0.6 is 0 Å². The smallest absolute Gasteiger partial charge is 0.178 e. The molecule has 5 heteroatoms. The highest BCUT2D eigenvalue weighted by molar-refractivity contribution is 5.62. The molecule has 1 aromatic carbocycles. The molecular formula is C24H29FN2O2. The maximum absolute atomic E-state index is 13.4. The highest BCUT2D eigenvalue weighted by atomic mass is 19.1. The van der Waals surface area contributed by atoms with Crippen molar-refractivity contribution in [3.8, 4) is 5.69 Å². The first-order valence-corrected chi connectivity index (χ1v) is 10.6. The molecular weight excluding hydrogens is 367 g/mol. The zero-order valence-corrected chi connectivity index (χ0v) is 17.7. The minimum atomic E-state index is -0.565. The van der Waals surface area contributed by atoms with E-state index in [-0.39, 0.29) is 22.8 Å². The summed E-state index contributed by atoms with van der Waals surface area (Å²) in [6, 6.07) is 6.50. The Morgan fingerprint density at radius 1 is 1.21 bits per heavy atom. The highest BCUT2D eigenvalue weighted by Gasteiger charge is 2.60. The van der Waals surface area contributed by atoms with E-state index in [0.29, 0.717) is 6.61 Å². The highest BCUT2D eigenvalue weighted by Crippen LogP contribution is 2.58. The third-order valence-corrected chi connectivity index (χ3v) is 7.08. The summed E-state index contributed by atoms with van der Waals surface area (Å²) in [6.07, 6.45) is 8.17. The van der Waals surface area contributed by atoms with Crippen molar-refractivity contribution < 1.29 is 13.9 Å². The van der Waals surface area contributed by atoms with Crippen LogP contribution in [0.4, 0.5) is 4.39 Å². The molecule has 154 valence electrons. The summed E-state index contributed by atoms with van der Waals surface area (Å²) in [5.41, 5.74) is 4.37. The molecule has 3 aliphatic rings. The second-order valence-corrected chi connectivity index (χ2v) is 10.0. The molecule has 3 atom stereocenters. The van der Waals surface area contributed by atoms with E-state index in [0.717, 1.165) is 37.1 Å². The molecule has 1 saturated carbocycles. The Kier molecular flexibility index (Phi) is 4.10. The number of aromatic nitrogens is 2. The van der Waals surface area contributed by atoms with E-state index < -0.39 is 5.79 Å². The maximum Gasteiger partial charge on any atom is 0.178 e. The standard InChI is InChI=1S/C24H29FN2O2/c1-22(2,3)21-15-28-24(29-21)11-5-6-17-12-20-16(13-23(17,24)4)14-26-27(20)19-9-7-18(25)8-10-19/h7-10,12,14,21H,5-6,11,13,15H2,1-4H3/t21?,23-,24?/m0/s1. The third-order valence-electron chi connectivity index (χ3n) is 7.08. The molecule has 5 rings (SSSR count). The molecule has 2 unspecified atom stereocenters. The second kappa shape index (κ2) is 6.26. The number of ether oxygens (including phenoxy) is 2. The molecule has 1 saturated heterocycles. The molecule has 2 aliphatic carbocycles. The van der Waals surface area contributed by atoms with Crippen molar-refractivity contribution >= 4 is 6.08 Å². The minimum Gasteiger partial charge on any atom is -0.346 e. The van der Waals surface area contributed by atoms with Crippen LogP contribution in [-0.4, -0.2) is 28.3 Å².